The van der Waals surface area contributed by atoms with E-state index in [1.54, 1.807) is 0 Å². The summed E-state index contributed by atoms with van der Waals surface area (Å²) in [5.41, 5.74) is 0. The van der Waals surface area contributed by atoms with E-state index < -0.39 is 28.5 Å². The molecule has 23 heavy (non-hydrogen) atoms. The number of carbonyl (C=O) groups excluding carboxylic acids is 1. The molecular formula is C12H21N5O5S. The van der Waals surface area contributed by atoms with Crippen LogP contribution in [0, 0.1) is 5.41 Å². The molecule has 2 bridgehead atoms. The number of hydrogen-bond acceptors (Lipinski definition) is 6. The lowest BCUT2D eigenvalue weighted by Crippen LogP contribution is -2.53. The molecule has 0 spiro atoms. The summed E-state index contributed by atoms with van der Waals surface area (Å²) in [6, 6.07) is -1.26. The van der Waals surface area contributed by atoms with Gasteiger partial charge < -0.3 is 15.5 Å². The molecule has 3 heterocycles. The average Bonchev–Trinajstić information content (AvgIpc) is 2.72. The number of urea groups is 1. The van der Waals surface area contributed by atoms with Crippen LogP contribution in [0.25, 0.3) is 0 Å². The monoisotopic (exact) mass is 347 g/mol. The van der Waals surface area contributed by atoms with Crippen LogP contribution >= 0.6 is 0 Å². The summed E-state index contributed by atoms with van der Waals surface area (Å²) in [5, 5.41) is 15.4. The topological polar surface area (TPSA) is 135 Å². The first-order chi connectivity index (χ1) is 10.8. The van der Waals surface area contributed by atoms with Gasteiger partial charge in [-0.05, 0) is 38.8 Å². The summed E-state index contributed by atoms with van der Waals surface area (Å²) < 4.78 is 34.9. The molecule has 2 atom stereocenters. The van der Waals surface area contributed by atoms with Crippen LogP contribution in [0.1, 0.15) is 25.7 Å². The fourth-order valence-corrected chi connectivity index (χ4v) is 3.80. The first-order valence-electron chi connectivity index (χ1n) is 7.67. The summed E-state index contributed by atoms with van der Waals surface area (Å²) in [4.78, 5) is 13.7. The Morgan fingerprint density at radius 3 is 2.65 bits per heavy atom. The van der Waals surface area contributed by atoms with E-state index in [2.05, 4.69) is 14.9 Å². The zero-order chi connectivity index (χ0) is 16.6. The number of piperidine rings is 2. The first-order valence-corrected chi connectivity index (χ1v) is 9.04. The molecule has 0 aromatic carbocycles. The van der Waals surface area contributed by atoms with Crippen LogP contribution in [-0.2, 0) is 14.7 Å². The van der Waals surface area contributed by atoms with E-state index in [0.717, 1.165) is 25.9 Å². The quantitative estimate of drug-likeness (QED) is 0.300. The first kappa shape index (κ1) is 16.4. The number of nitrogens with zero attached hydrogens (tertiary/aromatic N) is 2. The number of hydrogen-bond donors (Lipinski definition) is 4. The van der Waals surface area contributed by atoms with Crippen molar-refractivity contribution < 1.29 is 22.0 Å². The largest absolute Gasteiger partial charge is 0.418 e. The highest BCUT2D eigenvalue weighted by molar-refractivity contribution is 7.80. The normalized spacial score (nSPS) is 29.0. The molecule has 0 aromatic rings. The molecule has 130 valence electrons. The lowest BCUT2D eigenvalue weighted by atomic mass is 9.98. The molecule has 3 aliphatic heterocycles. The van der Waals surface area contributed by atoms with E-state index in [9.17, 15) is 13.2 Å². The van der Waals surface area contributed by atoms with Crippen LogP contribution in [-0.4, -0.2) is 72.6 Å². The van der Waals surface area contributed by atoms with Gasteiger partial charge in [0.05, 0.1) is 12.1 Å². The minimum absolute atomic E-state index is 0.212. The van der Waals surface area contributed by atoms with E-state index in [0.29, 0.717) is 17.9 Å². The van der Waals surface area contributed by atoms with Crippen LogP contribution < -0.4 is 10.6 Å². The SMILES string of the molecule is N=C(NC1CCNCC1)[C@@H]1CC[C@@H]2CN1C(=O)N2OS(=O)(=O)O. The minimum Gasteiger partial charge on any atom is -0.369 e. The third-order valence-corrected chi connectivity index (χ3v) is 4.88. The fourth-order valence-electron chi connectivity index (χ4n) is 3.41. The fraction of sp³-hybridized carbons (Fsp3) is 0.833. The van der Waals surface area contributed by atoms with Crippen molar-refractivity contribution in [1.82, 2.24) is 20.6 Å². The Hall–Kier alpha value is -1.43. The molecule has 3 aliphatic rings. The molecule has 0 aromatic heterocycles. The van der Waals surface area contributed by atoms with Gasteiger partial charge in [0, 0.05) is 12.6 Å². The van der Waals surface area contributed by atoms with Gasteiger partial charge in [-0.25, -0.2) is 4.79 Å². The van der Waals surface area contributed by atoms with Crippen LogP contribution in [0.5, 0.6) is 0 Å². The van der Waals surface area contributed by atoms with Crippen molar-refractivity contribution in [2.75, 3.05) is 19.6 Å². The van der Waals surface area contributed by atoms with Gasteiger partial charge in [-0.2, -0.15) is 13.5 Å². The number of hydroxylamine groups is 2. The van der Waals surface area contributed by atoms with Crippen molar-refractivity contribution in [3.63, 3.8) is 0 Å². The van der Waals surface area contributed by atoms with Crippen LogP contribution in [0.4, 0.5) is 4.79 Å². The second-order valence-electron chi connectivity index (χ2n) is 6.09. The average molecular weight is 347 g/mol. The molecule has 3 rings (SSSR count). The summed E-state index contributed by atoms with van der Waals surface area (Å²) in [6.07, 6.45) is 2.91. The Labute approximate surface area is 134 Å². The van der Waals surface area contributed by atoms with Crippen molar-refractivity contribution in [2.24, 2.45) is 0 Å². The van der Waals surface area contributed by atoms with Crippen LogP contribution in [0.2, 0.25) is 0 Å². The van der Waals surface area contributed by atoms with Crippen molar-refractivity contribution in [3.8, 4) is 0 Å². The molecule has 4 N–H and O–H groups in total. The number of rotatable bonds is 4. The van der Waals surface area contributed by atoms with E-state index in [-0.39, 0.29) is 18.4 Å². The predicted molar refractivity (Wildman–Crippen MR) is 80.1 cm³/mol. The van der Waals surface area contributed by atoms with Gasteiger partial charge in [-0.3, -0.25) is 9.96 Å². The van der Waals surface area contributed by atoms with Gasteiger partial charge >= 0.3 is 16.4 Å². The third kappa shape index (κ3) is 3.57. The number of nitrogens with one attached hydrogen (secondary N) is 3. The van der Waals surface area contributed by atoms with Crippen molar-refractivity contribution in [2.45, 2.75) is 43.8 Å². The molecule has 2 amide bonds. The second-order valence-corrected chi connectivity index (χ2v) is 7.10. The van der Waals surface area contributed by atoms with E-state index in [4.69, 9.17) is 9.96 Å². The lowest BCUT2D eigenvalue weighted by Gasteiger charge is -2.33. The summed E-state index contributed by atoms with van der Waals surface area (Å²) in [6.45, 7) is 2.09. The zero-order valence-corrected chi connectivity index (χ0v) is 13.4. The Kier molecular flexibility index (Phi) is 4.45. The van der Waals surface area contributed by atoms with Gasteiger partial charge in [0.15, 0.2) is 0 Å². The molecule has 11 heteroatoms. The maximum Gasteiger partial charge on any atom is 0.418 e. The predicted octanol–water partition coefficient (Wildman–Crippen LogP) is -0.692. The van der Waals surface area contributed by atoms with E-state index in [1.165, 1.54) is 4.90 Å². The van der Waals surface area contributed by atoms with Gasteiger partial charge in [0.2, 0.25) is 0 Å². The highest BCUT2D eigenvalue weighted by Gasteiger charge is 2.48. The van der Waals surface area contributed by atoms with E-state index >= 15 is 0 Å². The molecule has 0 radical (unpaired) electrons. The standard InChI is InChI=1S/C12H21N5O5S/c13-11(15-8-3-5-14-6-4-8)10-2-1-9-7-16(10)12(18)17(9)22-23(19,20)21/h8-10,14H,1-7H2,(H2,13,15)(H,19,20,21)/t9-,10+/m1/s1. The third-order valence-electron chi connectivity index (χ3n) is 4.53. The minimum atomic E-state index is -4.74. The lowest BCUT2D eigenvalue weighted by molar-refractivity contribution is -0.0316. The highest BCUT2D eigenvalue weighted by atomic mass is 32.3. The number of carbonyl (C=O) groups is 1. The zero-order valence-electron chi connectivity index (χ0n) is 12.6. The molecule has 0 unspecified atom stereocenters. The number of fused-ring (bicyclic) bond motifs is 2. The molecular weight excluding hydrogens is 326 g/mol. The summed E-state index contributed by atoms with van der Waals surface area (Å²) in [7, 11) is -4.74. The van der Waals surface area contributed by atoms with Crippen molar-refractivity contribution >= 4 is 22.3 Å². The van der Waals surface area contributed by atoms with Gasteiger partial charge in [0.1, 0.15) is 5.84 Å². The number of amides is 2. The molecule has 0 saturated carbocycles. The molecule has 10 nitrogen and oxygen atoms in total. The van der Waals surface area contributed by atoms with Crippen LogP contribution in [0.3, 0.4) is 0 Å². The van der Waals surface area contributed by atoms with Crippen molar-refractivity contribution in [1.29, 1.82) is 5.41 Å². The van der Waals surface area contributed by atoms with Gasteiger partial charge in [-0.15, -0.1) is 4.28 Å². The Bertz CT molecular complexity index is 591. The second kappa shape index (κ2) is 6.23. The Morgan fingerprint density at radius 2 is 2.00 bits per heavy atom. The highest BCUT2D eigenvalue weighted by Crippen LogP contribution is 2.30. The smallest absolute Gasteiger partial charge is 0.369 e. The van der Waals surface area contributed by atoms with E-state index in [1.807, 2.05) is 0 Å². The van der Waals surface area contributed by atoms with Crippen molar-refractivity contribution in [3.05, 3.63) is 0 Å². The van der Waals surface area contributed by atoms with Crippen LogP contribution in [0.15, 0.2) is 0 Å². The Morgan fingerprint density at radius 1 is 1.30 bits per heavy atom. The Balaban J connectivity index is 1.64. The van der Waals surface area contributed by atoms with Gasteiger partial charge in [0.25, 0.3) is 0 Å². The number of amidine groups is 1. The molecule has 0 aliphatic carbocycles. The molecule has 3 saturated heterocycles. The van der Waals surface area contributed by atoms with Gasteiger partial charge in [-0.1, -0.05) is 0 Å². The molecule has 3 fully saturated rings. The maximum absolute atomic E-state index is 12.3. The summed E-state index contributed by atoms with van der Waals surface area (Å²) >= 11 is 0. The summed E-state index contributed by atoms with van der Waals surface area (Å²) in [5.74, 6) is 0.275. The maximum atomic E-state index is 12.3.